The van der Waals surface area contributed by atoms with Crippen LogP contribution < -0.4 is 15.4 Å². The van der Waals surface area contributed by atoms with Crippen molar-refractivity contribution < 1.29 is 19.2 Å². The first-order valence-corrected chi connectivity index (χ1v) is 7.95. The van der Waals surface area contributed by atoms with E-state index < -0.39 is 4.92 Å². The Morgan fingerprint density at radius 1 is 1.08 bits per heavy atom. The van der Waals surface area contributed by atoms with Crippen molar-refractivity contribution in [2.75, 3.05) is 25.0 Å². The molecule has 0 saturated carbocycles. The van der Waals surface area contributed by atoms with Crippen LogP contribution in [0.2, 0.25) is 0 Å². The second-order valence-electron chi connectivity index (χ2n) is 5.42. The number of hydrogen-bond donors (Lipinski definition) is 2. The molecular weight excluding hydrogens is 338 g/mol. The summed E-state index contributed by atoms with van der Waals surface area (Å²) in [5.41, 5.74) is 0.951. The van der Waals surface area contributed by atoms with Crippen molar-refractivity contribution in [2.45, 2.75) is 6.92 Å². The highest BCUT2D eigenvalue weighted by molar-refractivity contribution is 5.94. The third-order valence-electron chi connectivity index (χ3n) is 3.49. The number of para-hydroxylation sites is 2. The fourth-order valence-electron chi connectivity index (χ4n) is 2.17. The van der Waals surface area contributed by atoms with E-state index in [1.165, 1.54) is 13.0 Å². The van der Waals surface area contributed by atoms with Gasteiger partial charge in [-0.15, -0.1) is 0 Å². The van der Waals surface area contributed by atoms with Crippen molar-refractivity contribution in [1.29, 1.82) is 0 Å². The molecule has 2 aromatic carbocycles. The first kappa shape index (κ1) is 18.9. The Bertz CT molecular complexity index is 790. The molecule has 1 amide bonds. The molecule has 2 N–H and O–H groups in total. The minimum absolute atomic E-state index is 0.0174. The molecule has 0 heterocycles. The molecule has 26 heavy (non-hydrogen) atoms. The van der Waals surface area contributed by atoms with Crippen LogP contribution in [0.5, 0.6) is 5.75 Å². The molecule has 8 heteroatoms. The zero-order valence-corrected chi connectivity index (χ0v) is 14.2. The molecule has 0 aromatic heterocycles. The number of nitrogens with one attached hydrogen (secondary N) is 2. The molecule has 2 rings (SSSR count). The Morgan fingerprint density at radius 2 is 1.77 bits per heavy atom. The zero-order valence-electron chi connectivity index (χ0n) is 14.2. The summed E-state index contributed by atoms with van der Waals surface area (Å²) in [6, 6.07) is 12.8. The number of benzene rings is 2. The average molecular weight is 357 g/mol. The van der Waals surface area contributed by atoms with E-state index in [4.69, 9.17) is 4.74 Å². The summed E-state index contributed by atoms with van der Waals surface area (Å²) in [6.45, 7) is 1.94. The lowest BCUT2D eigenvalue weighted by Crippen LogP contribution is -2.32. The molecule has 0 fully saturated rings. The fourth-order valence-corrected chi connectivity index (χ4v) is 2.17. The van der Waals surface area contributed by atoms with Gasteiger partial charge in [0.15, 0.2) is 12.4 Å². The summed E-state index contributed by atoms with van der Waals surface area (Å²) in [7, 11) is 0. The molecule has 0 unspecified atom stereocenters. The SMILES string of the molecule is CC(=O)c1ccc(OCC(=O)NCCNc2ccccc2[N+](=O)[O-])cc1. The number of hydrogen-bond acceptors (Lipinski definition) is 6. The number of nitro groups is 1. The number of nitro benzene ring substituents is 1. The second kappa shape index (κ2) is 9.16. The standard InChI is InChI=1S/C18H19N3O5/c1-13(22)14-6-8-15(9-7-14)26-12-18(23)20-11-10-19-16-4-2-3-5-17(16)21(24)25/h2-9,19H,10-12H2,1H3,(H,20,23). The topological polar surface area (TPSA) is 111 Å². The Labute approximate surface area is 150 Å². The lowest BCUT2D eigenvalue weighted by molar-refractivity contribution is -0.384. The molecule has 0 radical (unpaired) electrons. The molecule has 0 bridgehead atoms. The van der Waals surface area contributed by atoms with Crippen LogP contribution in [0.15, 0.2) is 48.5 Å². The van der Waals surface area contributed by atoms with Gasteiger partial charge in [0.25, 0.3) is 11.6 Å². The quantitative estimate of drug-likeness (QED) is 0.309. The monoisotopic (exact) mass is 357 g/mol. The molecule has 0 spiro atoms. The van der Waals surface area contributed by atoms with Crippen LogP contribution in [-0.2, 0) is 4.79 Å². The van der Waals surface area contributed by atoms with Gasteiger partial charge >= 0.3 is 0 Å². The maximum absolute atomic E-state index is 11.8. The molecule has 2 aromatic rings. The van der Waals surface area contributed by atoms with Gasteiger partial charge < -0.3 is 15.4 Å². The average Bonchev–Trinajstić information content (AvgIpc) is 2.64. The normalized spacial score (nSPS) is 10.0. The Kier molecular flexibility index (Phi) is 6.67. The van der Waals surface area contributed by atoms with Crippen LogP contribution in [0.25, 0.3) is 0 Å². The lowest BCUT2D eigenvalue weighted by atomic mass is 10.1. The van der Waals surface area contributed by atoms with Crippen molar-refractivity contribution in [1.82, 2.24) is 5.32 Å². The second-order valence-corrected chi connectivity index (χ2v) is 5.42. The van der Waals surface area contributed by atoms with E-state index in [9.17, 15) is 19.7 Å². The minimum atomic E-state index is -0.466. The molecule has 0 saturated heterocycles. The summed E-state index contributed by atoms with van der Waals surface area (Å²) < 4.78 is 5.34. The van der Waals surface area contributed by atoms with Crippen LogP contribution in [0, 0.1) is 10.1 Å². The molecule has 0 aliphatic rings. The first-order valence-electron chi connectivity index (χ1n) is 7.95. The van der Waals surface area contributed by atoms with E-state index in [1.807, 2.05) is 0 Å². The third kappa shape index (κ3) is 5.59. The summed E-state index contributed by atoms with van der Waals surface area (Å²) in [4.78, 5) is 33.4. The number of amides is 1. The van der Waals surface area contributed by atoms with E-state index in [0.29, 0.717) is 23.5 Å². The van der Waals surface area contributed by atoms with E-state index in [-0.39, 0.29) is 30.5 Å². The van der Waals surface area contributed by atoms with E-state index >= 15 is 0 Å². The maximum Gasteiger partial charge on any atom is 0.292 e. The zero-order chi connectivity index (χ0) is 18.9. The number of Topliss-reactive ketones (excluding diaryl/α,β-unsaturated/α-hetero) is 1. The number of anilines is 1. The molecule has 0 aliphatic carbocycles. The smallest absolute Gasteiger partial charge is 0.292 e. The van der Waals surface area contributed by atoms with Gasteiger partial charge in [-0.2, -0.15) is 0 Å². The lowest BCUT2D eigenvalue weighted by Gasteiger charge is -2.09. The highest BCUT2D eigenvalue weighted by atomic mass is 16.6. The van der Waals surface area contributed by atoms with Crippen LogP contribution in [-0.4, -0.2) is 36.3 Å². The Hall–Kier alpha value is -3.42. The van der Waals surface area contributed by atoms with Gasteiger partial charge in [0.1, 0.15) is 11.4 Å². The number of rotatable bonds is 9. The van der Waals surface area contributed by atoms with Crippen molar-refractivity contribution in [2.24, 2.45) is 0 Å². The Morgan fingerprint density at radius 3 is 2.42 bits per heavy atom. The first-order chi connectivity index (χ1) is 12.5. The highest BCUT2D eigenvalue weighted by Gasteiger charge is 2.11. The molecule has 0 atom stereocenters. The van der Waals surface area contributed by atoms with Crippen LogP contribution >= 0.6 is 0 Å². The molecule has 8 nitrogen and oxygen atoms in total. The van der Waals surface area contributed by atoms with Crippen LogP contribution in [0.4, 0.5) is 11.4 Å². The number of carbonyl (C=O) groups excluding carboxylic acids is 2. The van der Waals surface area contributed by atoms with E-state index in [1.54, 1.807) is 42.5 Å². The van der Waals surface area contributed by atoms with E-state index in [0.717, 1.165) is 0 Å². The van der Waals surface area contributed by atoms with Gasteiger partial charge in [0.05, 0.1) is 4.92 Å². The summed E-state index contributed by atoms with van der Waals surface area (Å²) in [5, 5.41) is 16.5. The van der Waals surface area contributed by atoms with Crippen LogP contribution in [0.1, 0.15) is 17.3 Å². The fraction of sp³-hybridized carbons (Fsp3) is 0.222. The maximum atomic E-state index is 11.8. The molecule has 0 aliphatic heterocycles. The van der Waals surface area contributed by atoms with Crippen molar-refractivity contribution >= 4 is 23.1 Å². The minimum Gasteiger partial charge on any atom is -0.484 e. The Balaban J connectivity index is 1.71. The predicted molar refractivity (Wildman–Crippen MR) is 96.5 cm³/mol. The van der Waals surface area contributed by atoms with Crippen molar-refractivity contribution in [3.05, 3.63) is 64.2 Å². The summed E-state index contributed by atoms with van der Waals surface area (Å²) >= 11 is 0. The van der Waals surface area contributed by atoms with Crippen molar-refractivity contribution in [3.63, 3.8) is 0 Å². The van der Waals surface area contributed by atoms with Gasteiger partial charge in [-0.05, 0) is 37.3 Å². The number of nitrogens with zero attached hydrogens (tertiary/aromatic N) is 1. The van der Waals surface area contributed by atoms with E-state index in [2.05, 4.69) is 10.6 Å². The largest absolute Gasteiger partial charge is 0.484 e. The van der Waals surface area contributed by atoms with Gasteiger partial charge in [-0.3, -0.25) is 19.7 Å². The van der Waals surface area contributed by atoms with Gasteiger partial charge in [0.2, 0.25) is 0 Å². The van der Waals surface area contributed by atoms with Crippen molar-refractivity contribution in [3.8, 4) is 5.75 Å². The highest BCUT2D eigenvalue weighted by Crippen LogP contribution is 2.22. The van der Waals surface area contributed by atoms with Crippen LogP contribution in [0.3, 0.4) is 0 Å². The summed E-state index contributed by atoms with van der Waals surface area (Å²) in [5.74, 6) is 0.133. The molecular formula is C18H19N3O5. The predicted octanol–water partition coefficient (Wildman–Crippen LogP) is 2.40. The molecule has 136 valence electrons. The number of carbonyl (C=O) groups is 2. The summed E-state index contributed by atoms with van der Waals surface area (Å²) in [6.07, 6.45) is 0. The number of ketones is 1. The number of ether oxygens (including phenoxy) is 1. The van der Waals surface area contributed by atoms with Gasteiger partial charge in [-0.1, -0.05) is 12.1 Å². The third-order valence-corrected chi connectivity index (χ3v) is 3.49. The van der Waals surface area contributed by atoms with Gasteiger partial charge in [-0.25, -0.2) is 0 Å². The van der Waals surface area contributed by atoms with Gasteiger partial charge in [0, 0.05) is 24.7 Å².